The number of benzene rings is 1. The van der Waals surface area contributed by atoms with Crippen molar-refractivity contribution in [2.75, 3.05) is 0 Å². The molecule has 1 aliphatic rings. The van der Waals surface area contributed by atoms with Gasteiger partial charge in [0.25, 0.3) is 0 Å². The molecule has 0 aromatic heterocycles. The summed E-state index contributed by atoms with van der Waals surface area (Å²) in [6.07, 6.45) is -8.56. The maximum absolute atomic E-state index is 13.9. The molecule has 0 bridgehead atoms. The van der Waals surface area contributed by atoms with Gasteiger partial charge in [-0.05, 0) is 17.7 Å². The van der Waals surface area contributed by atoms with Crippen molar-refractivity contribution in [3.8, 4) is 0 Å². The van der Waals surface area contributed by atoms with Gasteiger partial charge in [0.1, 0.15) is 23.7 Å². The fourth-order valence-corrected chi connectivity index (χ4v) is 3.00. The molecule has 7 nitrogen and oxygen atoms in total. The van der Waals surface area contributed by atoms with Crippen molar-refractivity contribution in [1.29, 1.82) is 0 Å². The molecule has 2 unspecified atom stereocenters. The molecule has 3 N–H and O–H groups in total. The molecule has 1 aromatic rings. The molecule has 1 fully saturated rings. The molecule has 1 aliphatic heterocycles. The first-order valence-electron chi connectivity index (χ1n) is 6.14. The van der Waals surface area contributed by atoms with Crippen LogP contribution < -0.4 is 0 Å². The van der Waals surface area contributed by atoms with Crippen molar-refractivity contribution in [2.45, 2.75) is 41.0 Å². The van der Waals surface area contributed by atoms with Crippen LogP contribution in [0.2, 0.25) is 0 Å². The van der Waals surface area contributed by atoms with Crippen molar-refractivity contribution in [2.24, 2.45) is 5.11 Å². The Morgan fingerprint density at radius 2 is 1.95 bits per heavy atom. The minimum Gasteiger partial charge on any atom is -0.387 e. The summed E-state index contributed by atoms with van der Waals surface area (Å²) in [7, 11) is 0. The largest absolute Gasteiger partial charge is 0.387 e. The van der Waals surface area contributed by atoms with Gasteiger partial charge in [-0.15, -0.1) is 0 Å². The minimum absolute atomic E-state index is 0.724. The van der Waals surface area contributed by atoms with E-state index in [1.165, 1.54) is 0 Å². The summed E-state index contributed by atoms with van der Waals surface area (Å²) in [6, 6.07) is 8.84. The average Bonchev–Trinajstić information content (AvgIpc) is 2.49. The Bertz CT molecular complexity index is 516. The van der Waals surface area contributed by atoms with Gasteiger partial charge in [-0.3, -0.25) is 0 Å². The van der Waals surface area contributed by atoms with E-state index in [-0.39, 0.29) is 0 Å². The zero-order chi connectivity index (χ0) is 15.4. The summed E-state index contributed by atoms with van der Waals surface area (Å²) in [4.78, 5) is 3.11. The van der Waals surface area contributed by atoms with Crippen molar-refractivity contribution in [1.82, 2.24) is 0 Å². The molecule has 21 heavy (non-hydrogen) atoms. The highest BCUT2D eigenvalue weighted by Crippen LogP contribution is 2.35. The lowest BCUT2D eigenvalue weighted by Crippen LogP contribution is -2.57. The summed E-state index contributed by atoms with van der Waals surface area (Å²) in [5.74, 6) is 0. The van der Waals surface area contributed by atoms with E-state index in [0.29, 0.717) is 0 Å². The van der Waals surface area contributed by atoms with Gasteiger partial charge in [-0.2, -0.15) is 0 Å². The summed E-state index contributed by atoms with van der Waals surface area (Å²) in [5, 5.41) is 32.1. The van der Waals surface area contributed by atoms with E-state index in [2.05, 4.69) is 10.0 Å². The van der Waals surface area contributed by atoms with Crippen LogP contribution in [0.25, 0.3) is 10.4 Å². The quantitative estimate of drug-likeness (QED) is 0.438. The number of thioether (sulfide) groups is 1. The molecule has 9 heteroatoms. The number of nitrogens with zero attached hydrogens (tertiary/aromatic N) is 3. The van der Waals surface area contributed by atoms with Crippen LogP contribution in [-0.2, 0) is 4.74 Å². The number of azide groups is 1. The second kappa shape index (κ2) is 7.08. The van der Waals surface area contributed by atoms with Crippen LogP contribution in [0.1, 0.15) is 0 Å². The Labute approximate surface area is 124 Å². The molecular weight excluding hydrogens is 301 g/mol. The van der Waals surface area contributed by atoms with E-state index in [1.807, 2.05) is 0 Å². The maximum Gasteiger partial charge on any atom is 0.161 e. The summed E-state index contributed by atoms with van der Waals surface area (Å²) in [5.41, 5.74) is 7.24. The van der Waals surface area contributed by atoms with Crippen molar-refractivity contribution >= 4 is 11.8 Å². The first kappa shape index (κ1) is 16.0. The third-order valence-corrected chi connectivity index (χ3v) is 4.19. The molecule has 1 heterocycles. The molecule has 2 rings (SSSR count). The predicted octanol–water partition coefficient (Wildman–Crippen LogP) is 1.19. The Morgan fingerprint density at radius 1 is 1.29 bits per heavy atom. The van der Waals surface area contributed by atoms with Crippen molar-refractivity contribution in [3.05, 3.63) is 40.8 Å². The second-order valence-electron chi connectivity index (χ2n) is 4.44. The number of hydrogen-bond donors (Lipinski definition) is 3. The number of alkyl halides is 1. The third-order valence-electron chi connectivity index (χ3n) is 3.02. The van der Waals surface area contributed by atoms with Crippen LogP contribution in [0.4, 0.5) is 4.39 Å². The summed E-state index contributed by atoms with van der Waals surface area (Å²) < 4.78 is 19.2. The Morgan fingerprint density at radius 3 is 2.57 bits per heavy atom. The Balaban J connectivity index is 2.15. The van der Waals surface area contributed by atoms with E-state index in [1.54, 1.807) is 30.3 Å². The number of halogens is 1. The molecule has 6 atom stereocenters. The third kappa shape index (κ3) is 3.65. The minimum atomic E-state index is -2.02. The SMILES string of the molecule is [N-]=[N+]=NC(O)[C@H]1OC(Sc2ccccc2)[C@H](O)[C@H](F)[C@@H]1O. The van der Waals surface area contributed by atoms with E-state index < -0.39 is 36.1 Å². The predicted molar refractivity (Wildman–Crippen MR) is 73.0 cm³/mol. The molecule has 0 amide bonds. The first-order chi connectivity index (χ1) is 10.0. The summed E-state index contributed by atoms with van der Waals surface area (Å²) >= 11 is 1.05. The van der Waals surface area contributed by atoms with Gasteiger partial charge in [0, 0.05) is 9.81 Å². The Kier molecular flexibility index (Phi) is 5.40. The van der Waals surface area contributed by atoms with Gasteiger partial charge in [0.2, 0.25) is 0 Å². The monoisotopic (exact) mass is 315 g/mol. The first-order valence-corrected chi connectivity index (χ1v) is 7.02. The standard InChI is InChI=1S/C12H14FN3O4S/c13-7-8(17)10(11(19)15-16-14)20-12(9(7)18)21-6-4-2-1-3-5-6/h1-5,7-12,17-19H/t7-,8+,9-,10+,11?,12?/m1/s1. The summed E-state index contributed by atoms with van der Waals surface area (Å²) in [6.45, 7) is 0. The van der Waals surface area contributed by atoms with Gasteiger partial charge >= 0.3 is 0 Å². The van der Waals surface area contributed by atoms with Crippen LogP contribution >= 0.6 is 11.8 Å². The zero-order valence-electron chi connectivity index (χ0n) is 10.7. The van der Waals surface area contributed by atoms with Gasteiger partial charge < -0.3 is 20.1 Å². The fraction of sp³-hybridized carbons (Fsp3) is 0.500. The molecule has 0 radical (unpaired) electrons. The van der Waals surface area contributed by atoms with Crippen LogP contribution in [-0.4, -0.2) is 51.5 Å². The number of hydrogen-bond acceptors (Lipinski definition) is 6. The number of ether oxygens (including phenoxy) is 1. The van der Waals surface area contributed by atoms with Crippen LogP contribution in [0.15, 0.2) is 40.3 Å². The van der Waals surface area contributed by atoms with Crippen LogP contribution in [0.3, 0.4) is 0 Å². The second-order valence-corrected chi connectivity index (χ2v) is 5.62. The highest BCUT2D eigenvalue weighted by atomic mass is 32.2. The molecule has 1 saturated heterocycles. The molecular formula is C12H14FN3O4S. The molecule has 0 aliphatic carbocycles. The van der Waals surface area contributed by atoms with E-state index >= 15 is 0 Å². The molecule has 0 saturated carbocycles. The lowest BCUT2D eigenvalue weighted by Gasteiger charge is -2.40. The van der Waals surface area contributed by atoms with E-state index in [0.717, 1.165) is 16.7 Å². The van der Waals surface area contributed by atoms with Gasteiger partial charge in [-0.1, -0.05) is 35.1 Å². The van der Waals surface area contributed by atoms with Gasteiger partial charge in [-0.25, -0.2) is 4.39 Å². The van der Waals surface area contributed by atoms with E-state index in [4.69, 9.17) is 10.3 Å². The highest BCUT2D eigenvalue weighted by molar-refractivity contribution is 7.99. The van der Waals surface area contributed by atoms with Gasteiger partial charge in [0.15, 0.2) is 12.4 Å². The highest BCUT2D eigenvalue weighted by Gasteiger charge is 2.47. The maximum atomic E-state index is 13.9. The van der Waals surface area contributed by atoms with Crippen molar-refractivity contribution < 1.29 is 24.4 Å². The van der Waals surface area contributed by atoms with E-state index in [9.17, 15) is 19.7 Å². The lowest BCUT2D eigenvalue weighted by molar-refractivity contribution is -0.202. The lowest BCUT2D eigenvalue weighted by atomic mass is 10.0. The smallest absolute Gasteiger partial charge is 0.161 e. The number of aliphatic hydroxyl groups excluding tert-OH is 3. The normalized spacial score (nSPS) is 34.0. The van der Waals surface area contributed by atoms with Crippen LogP contribution in [0.5, 0.6) is 0 Å². The number of rotatable bonds is 4. The molecule has 1 aromatic carbocycles. The molecule has 114 valence electrons. The zero-order valence-corrected chi connectivity index (χ0v) is 11.5. The number of aliphatic hydroxyl groups is 3. The van der Waals surface area contributed by atoms with Gasteiger partial charge in [0.05, 0.1) is 0 Å². The fourth-order valence-electron chi connectivity index (χ4n) is 1.95. The molecule has 0 spiro atoms. The Hall–Kier alpha value is -1.35. The van der Waals surface area contributed by atoms with Crippen LogP contribution in [0, 0.1) is 0 Å². The average molecular weight is 315 g/mol. The van der Waals surface area contributed by atoms with Crippen molar-refractivity contribution in [3.63, 3.8) is 0 Å². The topological polar surface area (TPSA) is 119 Å².